The number of benzene rings is 3. The molecule has 4 rings (SSSR count). The van der Waals surface area contributed by atoms with Crippen LogP contribution in [0, 0.1) is 6.92 Å². The van der Waals surface area contributed by atoms with Gasteiger partial charge in [0.2, 0.25) is 0 Å². The molecule has 4 aromatic rings. The fourth-order valence-electron chi connectivity index (χ4n) is 3.55. The number of methoxy groups -OCH3 is 2. The second-order valence-corrected chi connectivity index (χ2v) is 7.99. The molecule has 0 unspecified atom stereocenters. The minimum absolute atomic E-state index is 0.278. The predicted octanol–water partition coefficient (Wildman–Crippen LogP) is 6.67. The highest BCUT2D eigenvalue weighted by molar-refractivity contribution is 6.35. The number of halogens is 2. The summed E-state index contributed by atoms with van der Waals surface area (Å²) in [4.78, 5) is 12.8. The number of hydrogen-bond acceptors (Lipinski definition) is 5. The van der Waals surface area contributed by atoms with Crippen molar-refractivity contribution in [1.29, 1.82) is 0 Å². The van der Waals surface area contributed by atoms with Crippen LogP contribution in [-0.2, 0) is 6.61 Å². The summed E-state index contributed by atoms with van der Waals surface area (Å²) in [5.74, 6) is 1.73. The minimum atomic E-state index is -0.427. The third kappa shape index (κ3) is 4.27. The van der Waals surface area contributed by atoms with Crippen LogP contribution in [0.3, 0.4) is 0 Å². The van der Waals surface area contributed by atoms with Gasteiger partial charge in [-0.25, -0.2) is 4.79 Å². The maximum Gasteiger partial charge on any atom is 0.344 e. The average Bonchev–Trinajstić information content (AvgIpc) is 2.78. The van der Waals surface area contributed by atoms with E-state index >= 15 is 0 Å². The molecule has 0 atom stereocenters. The minimum Gasteiger partial charge on any atom is -0.493 e. The van der Waals surface area contributed by atoms with Crippen molar-refractivity contribution in [3.05, 3.63) is 86.2 Å². The van der Waals surface area contributed by atoms with Gasteiger partial charge in [0.25, 0.3) is 0 Å². The van der Waals surface area contributed by atoms with Crippen molar-refractivity contribution < 1.29 is 18.6 Å². The second kappa shape index (κ2) is 9.15. The van der Waals surface area contributed by atoms with Crippen molar-refractivity contribution >= 4 is 34.2 Å². The standard InChI is InChI=1S/C25H20Cl2O5/c1-14-19-12-18(31-13-16-4-6-17(26)11-20(16)27)7-9-21(19)32-25(28)24(14)15-5-8-22(29-2)23(10-15)30-3/h4-12H,13H2,1-3H3. The molecule has 1 heterocycles. The van der Waals surface area contributed by atoms with Crippen molar-refractivity contribution in [3.8, 4) is 28.4 Å². The monoisotopic (exact) mass is 470 g/mol. The van der Waals surface area contributed by atoms with E-state index in [1.165, 1.54) is 0 Å². The van der Waals surface area contributed by atoms with Crippen LogP contribution in [0.15, 0.2) is 63.8 Å². The Morgan fingerprint density at radius 1 is 0.906 bits per heavy atom. The SMILES string of the molecule is COc1ccc(-c2c(C)c3cc(OCc4ccc(Cl)cc4Cl)ccc3oc2=O)cc1OC. The normalized spacial score (nSPS) is 10.9. The highest BCUT2D eigenvalue weighted by Crippen LogP contribution is 2.35. The Labute approximate surface area is 195 Å². The quantitative estimate of drug-likeness (QED) is 0.294. The van der Waals surface area contributed by atoms with Crippen LogP contribution in [0.4, 0.5) is 0 Å². The van der Waals surface area contributed by atoms with E-state index in [1.807, 2.05) is 19.1 Å². The number of hydrogen-bond donors (Lipinski definition) is 0. The van der Waals surface area contributed by atoms with Gasteiger partial charge in [0, 0.05) is 21.0 Å². The first-order valence-corrected chi connectivity index (χ1v) is 10.5. The average molecular weight is 471 g/mol. The molecule has 7 heteroatoms. The zero-order chi connectivity index (χ0) is 22.8. The largest absolute Gasteiger partial charge is 0.493 e. The van der Waals surface area contributed by atoms with E-state index in [1.54, 1.807) is 56.7 Å². The van der Waals surface area contributed by atoms with Gasteiger partial charge in [-0.15, -0.1) is 0 Å². The lowest BCUT2D eigenvalue weighted by Crippen LogP contribution is -2.06. The Balaban J connectivity index is 1.72. The second-order valence-electron chi connectivity index (χ2n) is 7.14. The van der Waals surface area contributed by atoms with E-state index in [9.17, 15) is 4.79 Å². The first-order valence-electron chi connectivity index (χ1n) is 9.78. The van der Waals surface area contributed by atoms with Crippen LogP contribution in [0.2, 0.25) is 10.0 Å². The Morgan fingerprint density at radius 3 is 2.41 bits per heavy atom. The van der Waals surface area contributed by atoms with Crippen molar-refractivity contribution in [2.24, 2.45) is 0 Å². The molecule has 0 bridgehead atoms. The maximum absolute atomic E-state index is 12.8. The zero-order valence-electron chi connectivity index (χ0n) is 17.7. The molecular formula is C25H20Cl2O5. The summed E-state index contributed by atoms with van der Waals surface area (Å²) in [5, 5.41) is 1.88. The predicted molar refractivity (Wildman–Crippen MR) is 127 cm³/mol. The van der Waals surface area contributed by atoms with Gasteiger partial charge in [-0.2, -0.15) is 0 Å². The molecule has 0 aliphatic carbocycles. The van der Waals surface area contributed by atoms with E-state index in [2.05, 4.69) is 0 Å². The molecule has 5 nitrogen and oxygen atoms in total. The van der Waals surface area contributed by atoms with Gasteiger partial charge in [0.15, 0.2) is 11.5 Å². The molecular weight excluding hydrogens is 451 g/mol. The highest BCUT2D eigenvalue weighted by Gasteiger charge is 2.16. The fraction of sp³-hybridized carbons (Fsp3) is 0.160. The van der Waals surface area contributed by atoms with Crippen molar-refractivity contribution in [2.75, 3.05) is 14.2 Å². The molecule has 3 aromatic carbocycles. The van der Waals surface area contributed by atoms with Crippen LogP contribution < -0.4 is 19.8 Å². The van der Waals surface area contributed by atoms with Crippen LogP contribution in [-0.4, -0.2) is 14.2 Å². The Bertz CT molecular complexity index is 1360. The molecule has 0 fully saturated rings. The summed E-state index contributed by atoms with van der Waals surface area (Å²) < 4.78 is 22.2. The van der Waals surface area contributed by atoms with Gasteiger partial charge >= 0.3 is 5.63 Å². The molecule has 0 aliphatic heterocycles. The Morgan fingerprint density at radius 2 is 1.69 bits per heavy atom. The summed E-state index contributed by atoms with van der Waals surface area (Å²) in [5.41, 5.74) is 2.78. The number of aryl methyl sites for hydroxylation is 1. The van der Waals surface area contributed by atoms with Gasteiger partial charge in [0.05, 0.1) is 19.8 Å². The Kier molecular flexibility index (Phi) is 6.31. The molecule has 0 saturated heterocycles. The number of fused-ring (bicyclic) bond motifs is 1. The zero-order valence-corrected chi connectivity index (χ0v) is 19.2. The summed E-state index contributed by atoms with van der Waals surface area (Å²) >= 11 is 12.2. The fourth-order valence-corrected chi connectivity index (χ4v) is 4.01. The summed E-state index contributed by atoms with van der Waals surface area (Å²) in [6.07, 6.45) is 0. The maximum atomic E-state index is 12.8. The smallest absolute Gasteiger partial charge is 0.344 e. The molecule has 0 amide bonds. The van der Waals surface area contributed by atoms with E-state index in [0.717, 1.165) is 16.5 Å². The molecule has 32 heavy (non-hydrogen) atoms. The van der Waals surface area contributed by atoms with Crippen LogP contribution in [0.5, 0.6) is 17.2 Å². The van der Waals surface area contributed by atoms with Gasteiger partial charge in [0.1, 0.15) is 17.9 Å². The van der Waals surface area contributed by atoms with E-state index in [-0.39, 0.29) is 6.61 Å². The van der Waals surface area contributed by atoms with E-state index in [4.69, 9.17) is 41.8 Å². The van der Waals surface area contributed by atoms with Crippen molar-refractivity contribution in [3.63, 3.8) is 0 Å². The molecule has 0 spiro atoms. The molecule has 0 aliphatic rings. The first kappa shape index (κ1) is 22.1. The third-order valence-electron chi connectivity index (χ3n) is 5.22. The molecule has 0 N–H and O–H groups in total. The van der Waals surface area contributed by atoms with E-state index < -0.39 is 5.63 Å². The van der Waals surface area contributed by atoms with Gasteiger partial charge in [-0.1, -0.05) is 35.3 Å². The van der Waals surface area contributed by atoms with Gasteiger partial charge in [-0.05, 0) is 60.5 Å². The van der Waals surface area contributed by atoms with Crippen LogP contribution in [0.1, 0.15) is 11.1 Å². The number of ether oxygens (including phenoxy) is 3. The lowest BCUT2D eigenvalue weighted by molar-refractivity contribution is 0.306. The van der Waals surface area contributed by atoms with Gasteiger partial charge in [-0.3, -0.25) is 0 Å². The van der Waals surface area contributed by atoms with Crippen molar-refractivity contribution in [2.45, 2.75) is 13.5 Å². The van der Waals surface area contributed by atoms with Crippen LogP contribution in [0.25, 0.3) is 22.1 Å². The Hall–Kier alpha value is -3.15. The highest BCUT2D eigenvalue weighted by atomic mass is 35.5. The summed E-state index contributed by atoms with van der Waals surface area (Å²) in [6, 6.07) is 15.9. The van der Waals surface area contributed by atoms with Crippen molar-refractivity contribution in [1.82, 2.24) is 0 Å². The molecule has 1 aromatic heterocycles. The third-order valence-corrected chi connectivity index (χ3v) is 5.81. The lowest BCUT2D eigenvalue weighted by Gasteiger charge is -2.13. The number of rotatable bonds is 6. The first-order chi connectivity index (χ1) is 15.4. The lowest BCUT2D eigenvalue weighted by atomic mass is 9.99. The van der Waals surface area contributed by atoms with Gasteiger partial charge < -0.3 is 18.6 Å². The topological polar surface area (TPSA) is 57.9 Å². The van der Waals surface area contributed by atoms with Crippen LogP contribution >= 0.6 is 23.2 Å². The molecule has 0 radical (unpaired) electrons. The summed E-state index contributed by atoms with van der Waals surface area (Å²) in [6.45, 7) is 2.16. The molecule has 0 saturated carbocycles. The summed E-state index contributed by atoms with van der Waals surface area (Å²) in [7, 11) is 3.11. The molecule has 164 valence electrons. The van der Waals surface area contributed by atoms with E-state index in [0.29, 0.717) is 44.0 Å².